The second-order valence-corrected chi connectivity index (χ2v) is 9.58. The second kappa shape index (κ2) is 8.79. The van der Waals surface area contributed by atoms with Crippen molar-refractivity contribution in [1.29, 1.82) is 0 Å². The number of aryl methyl sites for hydroxylation is 1. The molecule has 1 atom stereocenters. The Balaban J connectivity index is 2.01. The van der Waals surface area contributed by atoms with Crippen molar-refractivity contribution in [1.82, 2.24) is 14.8 Å². The molecule has 9 nitrogen and oxygen atoms in total. The number of carbonyl (C=O) groups is 1. The average Bonchev–Trinajstić information content (AvgIpc) is 3.07. The van der Waals surface area contributed by atoms with Crippen LogP contribution in [0.5, 0.6) is 0 Å². The van der Waals surface area contributed by atoms with Crippen molar-refractivity contribution in [2.24, 2.45) is 0 Å². The fourth-order valence-electron chi connectivity index (χ4n) is 3.38. The first-order chi connectivity index (χ1) is 14.9. The molecule has 1 fully saturated rings. The number of nitrogens with zero attached hydrogens (tertiary/aromatic N) is 5. The summed E-state index contributed by atoms with van der Waals surface area (Å²) in [5, 5.41) is 7.50. The first kappa shape index (κ1) is 23.5. The zero-order valence-electron chi connectivity index (χ0n) is 19.9. The predicted octanol–water partition coefficient (Wildman–Crippen LogP) is 4.49. The number of pyridine rings is 1. The van der Waals surface area contributed by atoms with E-state index in [4.69, 9.17) is 21.0 Å². The summed E-state index contributed by atoms with van der Waals surface area (Å²) < 4.78 is 12.2. The molecule has 1 aliphatic rings. The number of anilines is 3. The summed E-state index contributed by atoms with van der Waals surface area (Å²) in [5.41, 5.74) is 0.119. The van der Waals surface area contributed by atoms with Gasteiger partial charge in [-0.1, -0.05) is 0 Å². The highest BCUT2D eigenvalue weighted by molar-refractivity contribution is 5.76. The minimum Gasteiger partial charge on any atom is -0.442 e. The standard InChI is InChI=1S/C23H32N6O3/c1-15-11-20(29(27-15)21(30)32-22(3,4)5)26-18-12-17(23(6,7)24-8)13-19(25-18)28-9-10-31-14-16(28)2/h11-13,16H,9-10,14H2,1-7H3,(H,25,26)/t16-/m1/s1. The maximum atomic E-state index is 12.7. The summed E-state index contributed by atoms with van der Waals surface area (Å²) >= 11 is 0. The van der Waals surface area contributed by atoms with E-state index >= 15 is 0 Å². The molecule has 9 heteroatoms. The number of carbonyl (C=O) groups excluding carboxylic acids is 1. The summed E-state index contributed by atoms with van der Waals surface area (Å²) in [6.07, 6.45) is -0.576. The lowest BCUT2D eigenvalue weighted by molar-refractivity contribution is 0.0518. The molecule has 0 aromatic carbocycles. The lowest BCUT2D eigenvalue weighted by Crippen LogP contribution is -2.44. The topological polar surface area (TPSA) is 85.9 Å². The van der Waals surface area contributed by atoms with Gasteiger partial charge in [0.2, 0.25) is 0 Å². The Bertz CT molecular complexity index is 1030. The van der Waals surface area contributed by atoms with Crippen LogP contribution in [0.2, 0.25) is 0 Å². The summed E-state index contributed by atoms with van der Waals surface area (Å²) in [6, 6.07) is 5.72. The molecule has 3 heterocycles. The van der Waals surface area contributed by atoms with Crippen molar-refractivity contribution < 1.29 is 14.3 Å². The Morgan fingerprint density at radius 2 is 2.00 bits per heavy atom. The molecule has 32 heavy (non-hydrogen) atoms. The number of rotatable bonds is 4. The minimum atomic E-state index is -0.731. The van der Waals surface area contributed by atoms with Gasteiger partial charge in [0.05, 0.1) is 24.9 Å². The highest BCUT2D eigenvalue weighted by Gasteiger charge is 2.30. The van der Waals surface area contributed by atoms with Crippen LogP contribution in [0.1, 0.15) is 52.8 Å². The Morgan fingerprint density at radius 3 is 2.62 bits per heavy atom. The predicted molar refractivity (Wildman–Crippen MR) is 123 cm³/mol. The Hall–Kier alpha value is -3.12. The maximum absolute atomic E-state index is 12.7. The van der Waals surface area contributed by atoms with Crippen molar-refractivity contribution >= 4 is 23.5 Å². The Kier molecular flexibility index (Phi) is 6.46. The molecule has 0 spiro atoms. The van der Waals surface area contributed by atoms with E-state index < -0.39 is 17.2 Å². The highest BCUT2D eigenvalue weighted by atomic mass is 16.6. The number of aromatic nitrogens is 3. The lowest BCUT2D eigenvalue weighted by atomic mass is 9.96. The minimum absolute atomic E-state index is 0.157. The zero-order valence-corrected chi connectivity index (χ0v) is 19.9. The van der Waals surface area contributed by atoms with Crippen LogP contribution in [-0.4, -0.2) is 52.3 Å². The monoisotopic (exact) mass is 440 g/mol. The third-order valence-corrected chi connectivity index (χ3v) is 5.11. The molecule has 1 aliphatic heterocycles. The van der Waals surface area contributed by atoms with E-state index in [1.807, 2.05) is 46.8 Å². The molecule has 0 amide bonds. The molecular weight excluding hydrogens is 408 g/mol. The van der Waals surface area contributed by atoms with Crippen molar-refractivity contribution in [3.05, 3.63) is 40.9 Å². The van der Waals surface area contributed by atoms with Gasteiger partial charge in [0.15, 0.2) is 0 Å². The molecule has 2 aromatic rings. The van der Waals surface area contributed by atoms with E-state index in [0.29, 0.717) is 37.1 Å². The molecule has 0 saturated carbocycles. The van der Waals surface area contributed by atoms with Crippen molar-refractivity contribution in [2.75, 3.05) is 30.0 Å². The van der Waals surface area contributed by atoms with E-state index in [-0.39, 0.29) is 6.04 Å². The summed E-state index contributed by atoms with van der Waals surface area (Å²) in [4.78, 5) is 23.4. The van der Waals surface area contributed by atoms with Gasteiger partial charge in [0, 0.05) is 32.0 Å². The van der Waals surface area contributed by atoms with Gasteiger partial charge in [0.25, 0.3) is 5.54 Å². The zero-order chi connectivity index (χ0) is 23.7. The van der Waals surface area contributed by atoms with Crippen LogP contribution < -0.4 is 10.2 Å². The highest BCUT2D eigenvalue weighted by Crippen LogP contribution is 2.32. The maximum Gasteiger partial charge on any atom is 0.437 e. The molecule has 172 valence electrons. The second-order valence-electron chi connectivity index (χ2n) is 9.58. The molecule has 0 unspecified atom stereocenters. The molecule has 0 radical (unpaired) electrons. The molecule has 3 rings (SSSR count). The Morgan fingerprint density at radius 1 is 1.28 bits per heavy atom. The van der Waals surface area contributed by atoms with E-state index in [1.165, 1.54) is 4.68 Å². The summed E-state index contributed by atoms with van der Waals surface area (Å²) in [6.45, 7) is 22.7. The van der Waals surface area contributed by atoms with Crippen molar-refractivity contribution in [3.8, 4) is 0 Å². The molecule has 1 N–H and O–H groups in total. The van der Waals surface area contributed by atoms with Gasteiger partial charge in [-0.3, -0.25) is 0 Å². The normalized spacial score (nSPS) is 17.1. The SMILES string of the molecule is [C-]#[N+]C(C)(C)c1cc(Nc2cc(C)nn2C(=O)OC(C)(C)C)nc(N2CCOC[C@H]2C)c1. The van der Waals surface area contributed by atoms with Crippen LogP contribution in [0, 0.1) is 13.5 Å². The lowest BCUT2D eigenvalue weighted by Gasteiger charge is -2.35. The fourth-order valence-corrected chi connectivity index (χ4v) is 3.38. The third kappa shape index (κ3) is 5.37. The Labute approximate surface area is 189 Å². The third-order valence-electron chi connectivity index (χ3n) is 5.11. The summed E-state index contributed by atoms with van der Waals surface area (Å²) in [5.74, 6) is 1.73. The summed E-state index contributed by atoms with van der Waals surface area (Å²) in [7, 11) is 0. The number of ether oxygens (including phenoxy) is 2. The van der Waals surface area contributed by atoms with Gasteiger partial charge in [0.1, 0.15) is 23.1 Å². The van der Waals surface area contributed by atoms with Crippen LogP contribution in [0.3, 0.4) is 0 Å². The van der Waals surface area contributed by atoms with Crippen LogP contribution in [0.15, 0.2) is 18.2 Å². The number of hydrogen-bond acceptors (Lipinski definition) is 7. The first-order valence-electron chi connectivity index (χ1n) is 10.7. The average molecular weight is 441 g/mol. The van der Waals surface area contributed by atoms with Crippen LogP contribution >= 0.6 is 0 Å². The number of nitrogens with one attached hydrogen (secondary N) is 1. The van der Waals surface area contributed by atoms with E-state index in [0.717, 1.165) is 11.4 Å². The van der Waals surface area contributed by atoms with Crippen molar-refractivity contribution in [3.63, 3.8) is 0 Å². The van der Waals surface area contributed by atoms with Gasteiger partial charge in [-0.2, -0.15) is 5.10 Å². The smallest absolute Gasteiger partial charge is 0.437 e. The number of morpholine rings is 1. The first-order valence-corrected chi connectivity index (χ1v) is 10.7. The van der Waals surface area contributed by atoms with E-state index in [2.05, 4.69) is 27.1 Å². The van der Waals surface area contributed by atoms with Crippen LogP contribution in [0.4, 0.5) is 22.2 Å². The van der Waals surface area contributed by atoms with Gasteiger partial charge < -0.3 is 24.5 Å². The van der Waals surface area contributed by atoms with Gasteiger partial charge >= 0.3 is 6.09 Å². The molecular formula is C23H32N6O3. The quantitative estimate of drug-likeness (QED) is 0.701. The van der Waals surface area contributed by atoms with Crippen molar-refractivity contribution in [2.45, 2.75) is 65.6 Å². The van der Waals surface area contributed by atoms with Gasteiger partial charge in [-0.05, 0) is 46.8 Å². The van der Waals surface area contributed by atoms with Crippen LogP contribution in [0.25, 0.3) is 4.85 Å². The van der Waals surface area contributed by atoms with E-state index in [1.54, 1.807) is 13.0 Å². The molecule has 0 bridgehead atoms. The molecule has 1 saturated heterocycles. The molecule has 0 aliphatic carbocycles. The van der Waals surface area contributed by atoms with Crippen LogP contribution in [-0.2, 0) is 15.0 Å². The molecule has 2 aromatic heterocycles. The van der Waals surface area contributed by atoms with Gasteiger partial charge in [-0.25, -0.2) is 16.4 Å². The fraction of sp³-hybridized carbons (Fsp3) is 0.565. The largest absolute Gasteiger partial charge is 0.442 e. The number of hydrogen-bond donors (Lipinski definition) is 1. The van der Waals surface area contributed by atoms with Gasteiger partial charge in [-0.15, -0.1) is 4.68 Å². The van der Waals surface area contributed by atoms with E-state index in [9.17, 15) is 4.79 Å².